The van der Waals surface area contributed by atoms with E-state index in [0.717, 1.165) is 0 Å². The van der Waals surface area contributed by atoms with Crippen LogP contribution in [0.25, 0.3) is 11.3 Å². The number of benzene rings is 1. The lowest BCUT2D eigenvalue weighted by Crippen LogP contribution is -1.99. The number of nitrogens with one attached hydrogen (secondary N) is 1. The Morgan fingerprint density at radius 2 is 2.28 bits per heavy atom. The third-order valence-electron chi connectivity index (χ3n) is 2.44. The minimum absolute atomic E-state index is 0.00303. The van der Waals surface area contributed by atoms with Gasteiger partial charge in [0.1, 0.15) is 5.82 Å². The highest BCUT2D eigenvalue weighted by Crippen LogP contribution is 2.25. The molecule has 0 amide bonds. The van der Waals surface area contributed by atoms with Gasteiger partial charge in [0.15, 0.2) is 4.73 Å². The van der Waals surface area contributed by atoms with Crippen LogP contribution in [0.2, 0.25) is 0 Å². The monoisotopic (exact) mass is 312 g/mol. The molecule has 2 aromatic rings. The third-order valence-corrected chi connectivity index (χ3v) is 2.81. The van der Waals surface area contributed by atoms with Gasteiger partial charge in [0.2, 0.25) is 0 Å². The van der Waals surface area contributed by atoms with Crippen molar-refractivity contribution in [1.29, 1.82) is 0 Å². The Bertz CT molecular complexity index is 583. The fraction of sp³-hybridized carbons (Fsp3) is 0.167. The van der Waals surface area contributed by atoms with Crippen LogP contribution in [0.3, 0.4) is 0 Å². The van der Waals surface area contributed by atoms with Crippen LogP contribution in [-0.4, -0.2) is 21.0 Å². The number of nitrogens with zero attached hydrogens (tertiary/aromatic N) is 1. The van der Waals surface area contributed by atoms with Gasteiger partial charge in [-0.2, -0.15) is 0 Å². The summed E-state index contributed by atoms with van der Waals surface area (Å²) in [7, 11) is 0. The number of carboxylic acid groups (broad SMARTS) is 1. The molecule has 0 aliphatic rings. The van der Waals surface area contributed by atoms with Crippen molar-refractivity contribution in [1.82, 2.24) is 9.97 Å². The van der Waals surface area contributed by atoms with Crippen LogP contribution < -0.4 is 0 Å². The number of hydrogen-bond acceptors (Lipinski definition) is 2. The number of rotatable bonds is 4. The van der Waals surface area contributed by atoms with E-state index in [1.807, 2.05) is 0 Å². The van der Waals surface area contributed by atoms with Crippen LogP contribution in [0.1, 0.15) is 12.1 Å². The van der Waals surface area contributed by atoms with Crippen LogP contribution >= 0.6 is 15.9 Å². The highest BCUT2D eigenvalue weighted by molar-refractivity contribution is 9.10. The fourth-order valence-corrected chi connectivity index (χ4v) is 2.08. The Labute approximate surface area is 111 Å². The second kappa shape index (κ2) is 5.30. The summed E-state index contributed by atoms with van der Waals surface area (Å²) >= 11 is 3.20. The van der Waals surface area contributed by atoms with Gasteiger partial charge in [0.05, 0.1) is 12.1 Å². The zero-order valence-corrected chi connectivity index (χ0v) is 10.9. The van der Waals surface area contributed by atoms with Gasteiger partial charge in [0.25, 0.3) is 0 Å². The molecule has 0 unspecified atom stereocenters. The van der Waals surface area contributed by atoms with Gasteiger partial charge in [-0.25, -0.2) is 9.37 Å². The quantitative estimate of drug-likeness (QED) is 0.912. The van der Waals surface area contributed by atoms with Gasteiger partial charge in [-0.3, -0.25) is 4.79 Å². The lowest BCUT2D eigenvalue weighted by molar-refractivity contribution is -0.136. The van der Waals surface area contributed by atoms with Crippen molar-refractivity contribution >= 4 is 21.9 Å². The molecule has 18 heavy (non-hydrogen) atoms. The molecule has 0 radical (unpaired) electrons. The predicted molar refractivity (Wildman–Crippen MR) is 67.6 cm³/mol. The van der Waals surface area contributed by atoms with Gasteiger partial charge in [-0.1, -0.05) is 12.1 Å². The van der Waals surface area contributed by atoms with Crippen LogP contribution in [0, 0.1) is 5.82 Å². The van der Waals surface area contributed by atoms with E-state index in [9.17, 15) is 9.18 Å². The topological polar surface area (TPSA) is 66.0 Å². The van der Waals surface area contributed by atoms with Gasteiger partial charge < -0.3 is 10.1 Å². The first-order valence-corrected chi connectivity index (χ1v) is 6.07. The maximum absolute atomic E-state index is 13.2. The largest absolute Gasteiger partial charge is 0.481 e. The van der Waals surface area contributed by atoms with E-state index < -0.39 is 5.97 Å². The van der Waals surface area contributed by atoms with Gasteiger partial charge in [-0.15, -0.1) is 0 Å². The molecule has 0 saturated carbocycles. The highest BCUT2D eigenvalue weighted by atomic mass is 79.9. The molecular formula is C12H10BrFN2O2. The van der Waals surface area contributed by atoms with Crippen molar-refractivity contribution in [2.45, 2.75) is 12.8 Å². The zero-order chi connectivity index (χ0) is 13.1. The molecule has 94 valence electrons. The standard InChI is InChI=1S/C12H10BrFN2O2/c13-12-15-9(4-5-10(17)18)11(16-12)7-2-1-3-8(14)6-7/h1-3,6H,4-5H2,(H,15,16)(H,17,18). The molecule has 4 nitrogen and oxygen atoms in total. The van der Waals surface area contributed by atoms with Crippen molar-refractivity contribution in [3.8, 4) is 11.3 Å². The SMILES string of the molecule is O=C(O)CCc1[nH]c(Br)nc1-c1cccc(F)c1. The van der Waals surface area contributed by atoms with E-state index in [0.29, 0.717) is 28.1 Å². The number of aromatic nitrogens is 2. The lowest BCUT2D eigenvalue weighted by atomic mass is 10.1. The molecule has 1 heterocycles. The average Bonchev–Trinajstić information content (AvgIpc) is 2.68. The van der Waals surface area contributed by atoms with Gasteiger partial charge >= 0.3 is 5.97 Å². The number of aromatic amines is 1. The summed E-state index contributed by atoms with van der Waals surface area (Å²) in [5.74, 6) is -1.23. The minimum atomic E-state index is -0.883. The molecule has 0 fully saturated rings. The summed E-state index contributed by atoms with van der Waals surface area (Å²) in [6.07, 6.45) is 0.316. The number of halogens is 2. The Morgan fingerprint density at radius 3 is 2.94 bits per heavy atom. The van der Waals surface area contributed by atoms with Gasteiger partial charge in [0, 0.05) is 17.7 Å². The molecule has 6 heteroatoms. The Hall–Kier alpha value is -1.69. The molecule has 0 atom stereocenters. The second-order valence-electron chi connectivity index (χ2n) is 3.76. The second-order valence-corrected chi connectivity index (χ2v) is 4.51. The molecular weight excluding hydrogens is 303 g/mol. The van der Waals surface area contributed by atoms with E-state index in [-0.39, 0.29) is 12.2 Å². The number of H-pyrrole nitrogens is 1. The number of aryl methyl sites for hydroxylation is 1. The van der Waals surface area contributed by atoms with Crippen molar-refractivity contribution in [2.75, 3.05) is 0 Å². The maximum Gasteiger partial charge on any atom is 0.303 e. The number of carbonyl (C=O) groups is 1. The molecule has 1 aromatic carbocycles. The van der Waals surface area contributed by atoms with Crippen LogP contribution in [0.15, 0.2) is 29.0 Å². The summed E-state index contributed by atoms with van der Waals surface area (Å²) in [6.45, 7) is 0. The Morgan fingerprint density at radius 1 is 1.50 bits per heavy atom. The lowest BCUT2D eigenvalue weighted by Gasteiger charge is -2.01. The number of carboxylic acids is 1. The molecule has 2 N–H and O–H groups in total. The Kier molecular flexibility index (Phi) is 3.76. The summed E-state index contributed by atoms with van der Waals surface area (Å²) in [5, 5.41) is 8.68. The molecule has 0 bridgehead atoms. The molecule has 0 saturated heterocycles. The third kappa shape index (κ3) is 2.95. The average molecular weight is 313 g/mol. The van der Waals surface area contributed by atoms with Crippen molar-refractivity contribution in [3.63, 3.8) is 0 Å². The van der Waals surface area contributed by atoms with Crippen molar-refractivity contribution in [2.24, 2.45) is 0 Å². The van der Waals surface area contributed by atoms with Crippen LogP contribution in [0.4, 0.5) is 4.39 Å². The molecule has 0 spiro atoms. The number of imidazole rings is 1. The first-order valence-electron chi connectivity index (χ1n) is 5.28. The summed E-state index contributed by atoms with van der Waals surface area (Å²) in [4.78, 5) is 17.7. The molecule has 0 aliphatic carbocycles. The van der Waals surface area contributed by atoms with E-state index >= 15 is 0 Å². The van der Waals surface area contributed by atoms with Crippen LogP contribution in [0.5, 0.6) is 0 Å². The first kappa shape index (κ1) is 12.8. The minimum Gasteiger partial charge on any atom is -0.481 e. The normalized spacial score (nSPS) is 10.6. The van der Waals surface area contributed by atoms with E-state index in [1.165, 1.54) is 12.1 Å². The molecule has 1 aromatic heterocycles. The van der Waals surface area contributed by atoms with E-state index in [4.69, 9.17) is 5.11 Å². The van der Waals surface area contributed by atoms with Crippen molar-refractivity contribution < 1.29 is 14.3 Å². The first-order chi connectivity index (χ1) is 8.56. The number of aliphatic carboxylic acids is 1. The van der Waals surface area contributed by atoms with Crippen LogP contribution in [-0.2, 0) is 11.2 Å². The smallest absolute Gasteiger partial charge is 0.303 e. The number of hydrogen-bond donors (Lipinski definition) is 2. The molecule has 0 aliphatic heterocycles. The molecule has 2 rings (SSSR count). The highest BCUT2D eigenvalue weighted by Gasteiger charge is 2.12. The van der Waals surface area contributed by atoms with Crippen molar-refractivity contribution in [3.05, 3.63) is 40.5 Å². The zero-order valence-electron chi connectivity index (χ0n) is 9.28. The summed E-state index contributed by atoms with van der Waals surface area (Å²) in [6, 6.07) is 6.04. The van der Waals surface area contributed by atoms with Gasteiger partial charge in [-0.05, 0) is 28.1 Å². The van der Waals surface area contributed by atoms with E-state index in [2.05, 4.69) is 25.9 Å². The fourth-order valence-electron chi connectivity index (χ4n) is 1.66. The Balaban J connectivity index is 2.35. The predicted octanol–water partition coefficient (Wildman–Crippen LogP) is 3.00. The summed E-state index contributed by atoms with van der Waals surface area (Å²) < 4.78 is 13.7. The summed E-state index contributed by atoms with van der Waals surface area (Å²) in [5.41, 5.74) is 1.87. The van der Waals surface area contributed by atoms with E-state index in [1.54, 1.807) is 12.1 Å². The maximum atomic E-state index is 13.2.